The quantitative estimate of drug-likeness (QED) is 0.257. The number of ether oxygens (including phenoxy) is 1. The van der Waals surface area contributed by atoms with Crippen molar-refractivity contribution in [2.75, 3.05) is 25.5 Å². The molecule has 1 unspecified atom stereocenters. The summed E-state index contributed by atoms with van der Waals surface area (Å²) in [7, 11) is 1.71. The number of aromatic nitrogens is 1. The fourth-order valence-electron chi connectivity index (χ4n) is 4.88. The van der Waals surface area contributed by atoms with Gasteiger partial charge in [0.15, 0.2) is 5.83 Å². The van der Waals surface area contributed by atoms with Crippen LogP contribution in [0.5, 0.6) is 0 Å². The minimum absolute atomic E-state index is 0.0774. The molecule has 0 bridgehead atoms. The number of halogens is 1. The van der Waals surface area contributed by atoms with Gasteiger partial charge in [-0.25, -0.2) is 9.37 Å². The molecule has 4 N–H and O–H groups in total. The highest BCUT2D eigenvalue weighted by Crippen LogP contribution is 2.30. The van der Waals surface area contributed by atoms with Crippen molar-refractivity contribution < 1.29 is 13.9 Å². The van der Waals surface area contributed by atoms with E-state index < -0.39 is 11.7 Å². The van der Waals surface area contributed by atoms with Gasteiger partial charge in [-0.1, -0.05) is 56.8 Å². The van der Waals surface area contributed by atoms with Gasteiger partial charge < -0.3 is 20.8 Å². The Labute approximate surface area is 263 Å². The molecule has 0 spiro atoms. The van der Waals surface area contributed by atoms with Crippen molar-refractivity contribution in [2.45, 2.75) is 46.3 Å². The molecule has 1 aromatic heterocycles. The molecule has 0 aliphatic carbocycles. The molecular formula is C34H41FN8O2. The van der Waals surface area contributed by atoms with E-state index in [1.807, 2.05) is 49.5 Å². The highest BCUT2D eigenvalue weighted by atomic mass is 19.1. The molecule has 2 heterocycles. The Morgan fingerprint density at radius 3 is 2.58 bits per heavy atom. The van der Waals surface area contributed by atoms with Crippen molar-refractivity contribution in [3.63, 3.8) is 0 Å². The summed E-state index contributed by atoms with van der Waals surface area (Å²) >= 11 is 0. The number of amides is 1. The molecule has 0 radical (unpaired) electrons. The Kier molecular flexibility index (Phi) is 11.9. The first kappa shape index (κ1) is 33.0. The summed E-state index contributed by atoms with van der Waals surface area (Å²) in [5, 5.41) is 6.69. The molecule has 4 rings (SSSR count). The van der Waals surface area contributed by atoms with E-state index in [4.69, 9.17) is 14.7 Å². The Morgan fingerprint density at radius 2 is 1.84 bits per heavy atom. The number of benzene rings is 2. The molecule has 0 saturated carbocycles. The van der Waals surface area contributed by atoms with E-state index in [2.05, 4.69) is 51.9 Å². The summed E-state index contributed by atoms with van der Waals surface area (Å²) in [5.74, 6) is -1.16. The lowest BCUT2D eigenvalue weighted by Gasteiger charge is -2.17. The molecule has 236 valence electrons. The number of hydrazine groups is 1. The van der Waals surface area contributed by atoms with Crippen molar-refractivity contribution >= 4 is 41.0 Å². The van der Waals surface area contributed by atoms with Gasteiger partial charge in [0, 0.05) is 42.9 Å². The van der Waals surface area contributed by atoms with E-state index in [0.717, 1.165) is 40.5 Å². The molecule has 1 aliphatic rings. The smallest absolute Gasteiger partial charge is 0.283 e. The van der Waals surface area contributed by atoms with E-state index in [-0.39, 0.29) is 12.0 Å². The molecule has 3 aromatic rings. The van der Waals surface area contributed by atoms with Crippen LogP contribution in [0.3, 0.4) is 0 Å². The van der Waals surface area contributed by atoms with E-state index in [1.54, 1.807) is 31.9 Å². The second kappa shape index (κ2) is 16.2. The number of amidine groups is 1. The lowest BCUT2D eigenvalue weighted by Crippen LogP contribution is -2.31. The van der Waals surface area contributed by atoms with Crippen LogP contribution >= 0.6 is 0 Å². The van der Waals surface area contributed by atoms with Gasteiger partial charge in [-0.2, -0.15) is 0 Å². The van der Waals surface area contributed by atoms with E-state index >= 15 is 0 Å². The van der Waals surface area contributed by atoms with E-state index in [0.29, 0.717) is 42.4 Å². The van der Waals surface area contributed by atoms with Crippen LogP contribution in [-0.4, -0.2) is 55.7 Å². The number of fused-ring (bicyclic) bond motifs is 1. The third kappa shape index (κ3) is 9.05. The van der Waals surface area contributed by atoms with Gasteiger partial charge in [-0.3, -0.25) is 25.2 Å². The molecule has 11 heteroatoms. The van der Waals surface area contributed by atoms with Crippen molar-refractivity contribution in [1.29, 1.82) is 0 Å². The highest BCUT2D eigenvalue weighted by Gasteiger charge is 2.16. The second-order valence-electron chi connectivity index (χ2n) is 10.9. The summed E-state index contributed by atoms with van der Waals surface area (Å²) in [6.07, 6.45) is 6.88. The number of anilines is 1. The van der Waals surface area contributed by atoms with Gasteiger partial charge in [0.05, 0.1) is 35.9 Å². The van der Waals surface area contributed by atoms with Crippen molar-refractivity contribution in [1.82, 2.24) is 21.2 Å². The normalized spacial score (nSPS) is 18.2. The zero-order chi connectivity index (χ0) is 32.2. The largest absolute Gasteiger partial charge is 0.381 e. The number of nitrogens with zero attached hydrogens (tertiary/aromatic N) is 4. The average molecular weight is 613 g/mol. The topological polar surface area (TPSA) is 124 Å². The predicted molar refractivity (Wildman–Crippen MR) is 181 cm³/mol. The fourth-order valence-corrected chi connectivity index (χ4v) is 4.88. The van der Waals surface area contributed by atoms with Crippen LogP contribution in [0.2, 0.25) is 0 Å². The molecule has 1 amide bonds. The summed E-state index contributed by atoms with van der Waals surface area (Å²) in [5.41, 5.74) is 11.7. The summed E-state index contributed by atoms with van der Waals surface area (Å²) < 4.78 is 19.0. The number of carbonyl (C=O) groups excluding carboxylic acids is 1. The van der Waals surface area contributed by atoms with Gasteiger partial charge in [0.2, 0.25) is 0 Å². The minimum atomic E-state index is -1.07. The molecule has 0 saturated heterocycles. The molecular weight excluding hydrogens is 571 g/mol. The number of nitrogens with one attached hydrogen (secondary N) is 4. The molecule has 10 nitrogen and oxygen atoms in total. The molecule has 1 aliphatic heterocycles. The maximum absolute atomic E-state index is 13.5. The van der Waals surface area contributed by atoms with E-state index in [1.165, 1.54) is 0 Å². The Bertz CT molecular complexity index is 1630. The molecule has 2 aromatic carbocycles. The number of rotatable bonds is 7. The standard InChI is InChI=1S/C34H41FN8O2/c1-22(2)28-19-40-41-21-37-17-15-26(45-5)14-16-36-20-39-33(28)38-18-29-23(3)8-6-10-27(29)30-13-12-25-9-7-11-31(32(25)42-30)43-34(44)24(4)35/h6-13,19-22,26,40H,4,14-18H2,1-3,5H3,(H,37,41)(H,43,44)(H,36,38,39)/b28-19-. The van der Waals surface area contributed by atoms with Gasteiger partial charge in [-0.05, 0) is 48.9 Å². The Morgan fingerprint density at radius 1 is 1.09 bits per heavy atom. The van der Waals surface area contributed by atoms with Gasteiger partial charge >= 0.3 is 0 Å². The maximum Gasteiger partial charge on any atom is 0.283 e. The predicted octanol–water partition coefficient (Wildman–Crippen LogP) is 5.62. The van der Waals surface area contributed by atoms with Gasteiger partial charge in [-0.15, -0.1) is 0 Å². The zero-order valence-corrected chi connectivity index (χ0v) is 26.2. The SMILES string of the molecule is C=C(F)C(=O)Nc1cccc2ccc(-c3cccc(C)c3CN=C3NC=NCCC(OC)CCN=CNN/C=C\3C(C)C)nc12. The van der Waals surface area contributed by atoms with E-state index in [9.17, 15) is 9.18 Å². The third-order valence-corrected chi connectivity index (χ3v) is 7.44. The van der Waals surface area contributed by atoms with Crippen molar-refractivity contribution in [3.05, 3.63) is 83.8 Å². The van der Waals surface area contributed by atoms with Crippen LogP contribution < -0.4 is 21.5 Å². The Hall–Kier alpha value is -4.90. The van der Waals surface area contributed by atoms with Gasteiger partial charge in [0.1, 0.15) is 12.2 Å². The monoisotopic (exact) mass is 612 g/mol. The number of pyridine rings is 1. The van der Waals surface area contributed by atoms with Crippen LogP contribution in [0.1, 0.15) is 37.8 Å². The number of aliphatic imine (C=N–C) groups is 3. The first-order valence-electron chi connectivity index (χ1n) is 14.9. The highest BCUT2D eigenvalue weighted by molar-refractivity contribution is 6.07. The Balaban J connectivity index is 1.70. The average Bonchev–Trinajstić information content (AvgIpc) is 3.03. The summed E-state index contributed by atoms with van der Waals surface area (Å²) in [6.45, 7) is 11.0. The summed E-state index contributed by atoms with van der Waals surface area (Å²) in [6, 6.07) is 15.3. The van der Waals surface area contributed by atoms with Crippen LogP contribution in [0.25, 0.3) is 22.2 Å². The molecule has 0 fully saturated rings. The van der Waals surface area contributed by atoms with Crippen LogP contribution in [0.15, 0.2) is 87.7 Å². The number of carbonyl (C=O) groups is 1. The lowest BCUT2D eigenvalue weighted by atomic mass is 9.98. The van der Waals surface area contributed by atoms with Crippen molar-refractivity contribution in [3.8, 4) is 11.3 Å². The zero-order valence-electron chi connectivity index (χ0n) is 26.2. The van der Waals surface area contributed by atoms with Crippen LogP contribution in [-0.2, 0) is 16.1 Å². The van der Waals surface area contributed by atoms with Crippen LogP contribution in [0, 0.1) is 12.8 Å². The maximum atomic E-state index is 13.5. The van der Waals surface area contributed by atoms with Crippen LogP contribution in [0.4, 0.5) is 10.1 Å². The molecule has 45 heavy (non-hydrogen) atoms. The van der Waals surface area contributed by atoms with Gasteiger partial charge in [0.25, 0.3) is 5.91 Å². The fraction of sp³-hybridized carbons (Fsp3) is 0.324. The second-order valence-corrected chi connectivity index (χ2v) is 10.9. The number of para-hydroxylation sites is 1. The number of methoxy groups -OCH3 is 1. The number of aryl methyl sites for hydroxylation is 1. The third-order valence-electron chi connectivity index (χ3n) is 7.44. The summed E-state index contributed by atoms with van der Waals surface area (Å²) in [4.78, 5) is 31.0. The molecule has 1 atom stereocenters. The number of hydrogen-bond donors (Lipinski definition) is 4. The lowest BCUT2D eigenvalue weighted by molar-refractivity contribution is -0.114. The van der Waals surface area contributed by atoms with Crippen molar-refractivity contribution in [2.24, 2.45) is 20.9 Å². The number of hydrogen-bond acceptors (Lipinski definition) is 8. The minimum Gasteiger partial charge on any atom is -0.381 e. The first-order chi connectivity index (χ1) is 21.8. The first-order valence-corrected chi connectivity index (χ1v) is 14.9.